The molecular weight excluding hydrogens is 282 g/mol. The van der Waals surface area contributed by atoms with Crippen LogP contribution in [-0.4, -0.2) is 45.3 Å². The van der Waals surface area contributed by atoms with E-state index in [-0.39, 0.29) is 5.91 Å². The number of amides is 2. The Morgan fingerprint density at radius 1 is 1.09 bits per heavy atom. The van der Waals surface area contributed by atoms with Gasteiger partial charge in [-0.15, -0.1) is 0 Å². The topological polar surface area (TPSA) is 61.9 Å². The van der Waals surface area contributed by atoms with Gasteiger partial charge in [0.2, 0.25) is 5.91 Å². The predicted octanol–water partition coefficient (Wildman–Crippen LogP) is 2.24. The van der Waals surface area contributed by atoms with Crippen LogP contribution < -0.4 is 15.1 Å². The molecule has 0 aliphatic carbocycles. The van der Waals surface area contributed by atoms with Crippen molar-refractivity contribution in [2.75, 3.05) is 43.1 Å². The van der Waals surface area contributed by atoms with Gasteiger partial charge in [0.15, 0.2) is 0 Å². The summed E-state index contributed by atoms with van der Waals surface area (Å²) in [6, 6.07) is 7.86. The number of ether oxygens (including phenoxy) is 1. The first-order chi connectivity index (χ1) is 10.5. The molecule has 2 amide bonds. The third kappa shape index (κ3) is 4.95. The Morgan fingerprint density at radius 2 is 1.64 bits per heavy atom. The zero-order valence-electron chi connectivity index (χ0n) is 13.8. The molecule has 22 heavy (non-hydrogen) atoms. The molecule has 0 aliphatic heterocycles. The lowest BCUT2D eigenvalue weighted by Crippen LogP contribution is -2.37. The highest BCUT2D eigenvalue weighted by atomic mass is 16.5. The molecule has 1 rings (SSSR count). The van der Waals surface area contributed by atoms with Crippen LogP contribution >= 0.6 is 0 Å². The summed E-state index contributed by atoms with van der Waals surface area (Å²) >= 11 is 0. The molecule has 0 aliphatic rings. The fourth-order valence-electron chi connectivity index (χ4n) is 2.24. The molecule has 0 saturated carbocycles. The van der Waals surface area contributed by atoms with Gasteiger partial charge in [0.05, 0.1) is 7.11 Å². The second-order valence-corrected chi connectivity index (χ2v) is 4.78. The van der Waals surface area contributed by atoms with Crippen LogP contribution in [0.1, 0.15) is 20.8 Å². The Morgan fingerprint density at radius 3 is 2.09 bits per heavy atom. The van der Waals surface area contributed by atoms with E-state index < -0.39 is 6.09 Å². The van der Waals surface area contributed by atoms with Gasteiger partial charge in [0.25, 0.3) is 0 Å². The Kier molecular flexibility index (Phi) is 7.22. The van der Waals surface area contributed by atoms with Gasteiger partial charge in [-0.05, 0) is 38.1 Å². The lowest BCUT2D eigenvalue weighted by atomic mass is 10.2. The van der Waals surface area contributed by atoms with Crippen LogP contribution in [-0.2, 0) is 9.53 Å². The van der Waals surface area contributed by atoms with Crippen LogP contribution in [0.15, 0.2) is 24.3 Å². The number of alkyl carbamates (subject to hydrolysis) is 1. The van der Waals surface area contributed by atoms with Crippen LogP contribution in [0.3, 0.4) is 0 Å². The first kappa shape index (κ1) is 17.8. The number of benzene rings is 1. The number of nitrogens with one attached hydrogen (secondary N) is 1. The predicted molar refractivity (Wildman–Crippen MR) is 88.4 cm³/mol. The SMILES string of the molecule is CCN(CC)c1ccc(N(CCNC(=O)OC)C(C)=O)cc1. The maximum atomic E-state index is 11.8. The number of rotatable bonds is 7. The average molecular weight is 307 g/mol. The fraction of sp³-hybridized carbons (Fsp3) is 0.500. The molecular formula is C16H25N3O3. The van der Waals surface area contributed by atoms with Crippen molar-refractivity contribution in [1.29, 1.82) is 0 Å². The Labute approximate surface area is 132 Å². The van der Waals surface area contributed by atoms with Crippen molar-refractivity contribution < 1.29 is 14.3 Å². The summed E-state index contributed by atoms with van der Waals surface area (Å²) in [6.07, 6.45) is -0.500. The van der Waals surface area contributed by atoms with E-state index in [0.29, 0.717) is 13.1 Å². The number of carbonyl (C=O) groups is 2. The van der Waals surface area contributed by atoms with E-state index in [1.54, 1.807) is 4.90 Å². The summed E-state index contributed by atoms with van der Waals surface area (Å²) in [5, 5.41) is 2.57. The number of carbonyl (C=O) groups excluding carboxylic acids is 2. The summed E-state index contributed by atoms with van der Waals surface area (Å²) in [6.45, 7) is 8.34. The van der Waals surface area contributed by atoms with E-state index >= 15 is 0 Å². The molecule has 0 radical (unpaired) electrons. The van der Waals surface area contributed by atoms with Crippen molar-refractivity contribution in [2.24, 2.45) is 0 Å². The molecule has 0 heterocycles. The molecule has 6 heteroatoms. The number of methoxy groups -OCH3 is 1. The number of anilines is 2. The molecule has 0 saturated heterocycles. The maximum absolute atomic E-state index is 11.8. The smallest absolute Gasteiger partial charge is 0.406 e. The summed E-state index contributed by atoms with van der Waals surface area (Å²) in [7, 11) is 1.31. The normalized spacial score (nSPS) is 10.0. The van der Waals surface area contributed by atoms with Gasteiger partial charge in [0, 0.05) is 44.5 Å². The number of hydrogen-bond acceptors (Lipinski definition) is 4. The van der Waals surface area contributed by atoms with Crippen LogP contribution in [0.4, 0.5) is 16.2 Å². The molecule has 0 bridgehead atoms. The zero-order valence-corrected chi connectivity index (χ0v) is 13.8. The Balaban J connectivity index is 2.75. The number of hydrogen-bond donors (Lipinski definition) is 1. The fourth-order valence-corrected chi connectivity index (χ4v) is 2.24. The Hall–Kier alpha value is -2.24. The van der Waals surface area contributed by atoms with Crippen molar-refractivity contribution in [3.05, 3.63) is 24.3 Å². The van der Waals surface area contributed by atoms with Crippen molar-refractivity contribution in [3.63, 3.8) is 0 Å². The minimum atomic E-state index is -0.500. The summed E-state index contributed by atoms with van der Waals surface area (Å²) < 4.78 is 4.51. The minimum absolute atomic E-state index is 0.0674. The summed E-state index contributed by atoms with van der Waals surface area (Å²) in [4.78, 5) is 26.7. The molecule has 0 spiro atoms. The van der Waals surface area contributed by atoms with E-state index in [2.05, 4.69) is 28.8 Å². The average Bonchev–Trinajstić information content (AvgIpc) is 2.53. The Bertz CT molecular complexity index is 484. The van der Waals surface area contributed by atoms with E-state index in [1.807, 2.05) is 24.3 Å². The van der Waals surface area contributed by atoms with E-state index in [1.165, 1.54) is 14.0 Å². The molecule has 0 unspecified atom stereocenters. The van der Waals surface area contributed by atoms with Gasteiger partial charge >= 0.3 is 6.09 Å². The zero-order chi connectivity index (χ0) is 16.5. The van der Waals surface area contributed by atoms with Gasteiger partial charge in [0.1, 0.15) is 0 Å². The van der Waals surface area contributed by atoms with Gasteiger partial charge in [-0.2, -0.15) is 0 Å². The molecule has 0 atom stereocenters. The van der Waals surface area contributed by atoms with E-state index in [9.17, 15) is 9.59 Å². The van der Waals surface area contributed by atoms with E-state index in [0.717, 1.165) is 24.5 Å². The van der Waals surface area contributed by atoms with Crippen molar-refractivity contribution in [3.8, 4) is 0 Å². The van der Waals surface area contributed by atoms with Crippen molar-refractivity contribution >= 4 is 23.4 Å². The summed E-state index contributed by atoms with van der Waals surface area (Å²) in [5.74, 6) is -0.0674. The maximum Gasteiger partial charge on any atom is 0.406 e. The second kappa shape index (κ2) is 8.92. The van der Waals surface area contributed by atoms with Crippen molar-refractivity contribution in [1.82, 2.24) is 5.32 Å². The molecule has 6 nitrogen and oxygen atoms in total. The molecule has 0 fully saturated rings. The lowest BCUT2D eigenvalue weighted by molar-refractivity contribution is -0.116. The monoisotopic (exact) mass is 307 g/mol. The van der Waals surface area contributed by atoms with E-state index in [4.69, 9.17) is 0 Å². The van der Waals surface area contributed by atoms with Crippen LogP contribution in [0.5, 0.6) is 0 Å². The summed E-state index contributed by atoms with van der Waals surface area (Å²) in [5.41, 5.74) is 1.94. The third-order valence-corrected chi connectivity index (χ3v) is 3.46. The number of nitrogens with zero attached hydrogens (tertiary/aromatic N) is 2. The van der Waals surface area contributed by atoms with Crippen LogP contribution in [0.2, 0.25) is 0 Å². The lowest BCUT2D eigenvalue weighted by Gasteiger charge is -2.24. The highest BCUT2D eigenvalue weighted by molar-refractivity contribution is 5.91. The second-order valence-electron chi connectivity index (χ2n) is 4.78. The molecule has 1 N–H and O–H groups in total. The van der Waals surface area contributed by atoms with Gasteiger partial charge in [-0.25, -0.2) is 4.79 Å². The van der Waals surface area contributed by atoms with Gasteiger partial charge in [-0.3, -0.25) is 4.79 Å². The van der Waals surface area contributed by atoms with Gasteiger partial charge < -0.3 is 19.9 Å². The minimum Gasteiger partial charge on any atom is -0.453 e. The van der Waals surface area contributed by atoms with Crippen molar-refractivity contribution in [2.45, 2.75) is 20.8 Å². The quantitative estimate of drug-likeness (QED) is 0.839. The van der Waals surface area contributed by atoms with Crippen LogP contribution in [0.25, 0.3) is 0 Å². The molecule has 122 valence electrons. The highest BCUT2D eigenvalue weighted by Crippen LogP contribution is 2.20. The first-order valence-corrected chi connectivity index (χ1v) is 7.48. The largest absolute Gasteiger partial charge is 0.453 e. The van der Waals surface area contributed by atoms with Crippen LogP contribution in [0, 0.1) is 0 Å². The molecule has 0 aromatic heterocycles. The highest BCUT2D eigenvalue weighted by Gasteiger charge is 2.12. The molecule has 1 aromatic rings. The molecule has 1 aromatic carbocycles. The first-order valence-electron chi connectivity index (χ1n) is 7.48. The third-order valence-electron chi connectivity index (χ3n) is 3.46. The standard InChI is InChI=1S/C16H25N3O3/c1-5-18(6-2)14-7-9-15(10-8-14)19(13(3)20)12-11-17-16(21)22-4/h7-10H,5-6,11-12H2,1-4H3,(H,17,21). The van der Waals surface area contributed by atoms with Gasteiger partial charge in [-0.1, -0.05) is 0 Å².